The number of nitrogens with one attached hydrogen (secondary N) is 1. The van der Waals surface area contributed by atoms with E-state index in [-0.39, 0.29) is 15.0 Å². The van der Waals surface area contributed by atoms with Crippen LogP contribution in [-0.4, -0.2) is 13.4 Å². The number of aromatic nitrogens is 1. The van der Waals surface area contributed by atoms with Gasteiger partial charge in [0.15, 0.2) is 5.13 Å². The van der Waals surface area contributed by atoms with Crippen LogP contribution in [0.15, 0.2) is 58.8 Å². The smallest absolute Gasteiger partial charge is 0.263 e. The van der Waals surface area contributed by atoms with Gasteiger partial charge in [0.05, 0.1) is 21.3 Å². The molecule has 0 bridgehead atoms. The normalized spacial score (nSPS) is 11.3. The standard InChI is InChI=1S/C15H12ClN3O2S2/c16-12-8-11(6-7-13(12)17)23(20,21)19-15-18-14(9-22-15)10-4-2-1-3-5-10/h1-9H,17H2,(H,18,19). The first-order chi connectivity index (χ1) is 11.0. The van der Waals surface area contributed by atoms with Crippen molar-refractivity contribution in [1.82, 2.24) is 4.98 Å². The number of thiazole rings is 1. The number of nitrogens with two attached hydrogens (primary N) is 1. The average Bonchev–Trinajstić information content (AvgIpc) is 2.98. The summed E-state index contributed by atoms with van der Waals surface area (Å²) in [6, 6.07) is 13.7. The van der Waals surface area contributed by atoms with E-state index in [1.54, 1.807) is 5.38 Å². The maximum atomic E-state index is 12.4. The first-order valence-corrected chi connectivity index (χ1v) is 9.28. The van der Waals surface area contributed by atoms with Crippen LogP contribution in [0.1, 0.15) is 0 Å². The topological polar surface area (TPSA) is 85.1 Å². The molecule has 8 heteroatoms. The quantitative estimate of drug-likeness (QED) is 0.688. The number of sulfonamides is 1. The Hall–Kier alpha value is -2.09. The zero-order valence-corrected chi connectivity index (χ0v) is 14.1. The van der Waals surface area contributed by atoms with Gasteiger partial charge in [-0.05, 0) is 18.2 Å². The molecule has 3 aromatic rings. The van der Waals surface area contributed by atoms with E-state index in [9.17, 15) is 8.42 Å². The molecule has 0 fully saturated rings. The maximum absolute atomic E-state index is 12.4. The van der Waals surface area contributed by atoms with E-state index in [0.717, 1.165) is 5.56 Å². The molecule has 0 aliphatic rings. The van der Waals surface area contributed by atoms with Gasteiger partial charge in [0.2, 0.25) is 0 Å². The van der Waals surface area contributed by atoms with Crippen molar-refractivity contribution in [2.75, 3.05) is 10.5 Å². The molecule has 118 valence electrons. The van der Waals surface area contributed by atoms with Gasteiger partial charge in [-0.3, -0.25) is 4.72 Å². The maximum Gasteiger partial charge on any atom is 0.263 e. The molecule has 23 heavy (non-hydrogen) atoms. The summed E-state index contributed by atoms with van der Waals surface area (Å²) in [4.78, 5) is 4.34. The van der Waals surface area contributed by atoms with Gasteiger partial charge in [-0.15, -0.1) is 11.3 Å². The summed E-state index contributed by atoms with van der Waals surface area (Å²) in [6.07, 6.45) is 0. The fraction of sp³-hybridized carbons (Fsp3) is 0. The third-order valence-corrected chi connectivity index (χ3v) is 5.63. The third kappa shape index (κ3) is 3.47. The monoisotopic (exact) mass is 365 g/mol. The number of anilines is 2. The molecule has 1 heterocycles. The molecule has 0 aliphatic heterocycles. The van der Waals surface area contributed by atoms with Gasteiger partial charge < -0.3 is 5.73 Å². The van der Waals surface area contributed by atoms with Crippen molar-refractivity contribution in [3.8, 4) is 11.3 Å². The average molecular weight is 366 g/mol. The SMILES string of the molecule is Nc1ccc(S(=O)(=O)Nc2nc(-c3ccccc3)cs2)cc1Cl. The fourth-order valence-electron chi connectivity index (χ4n) is 1.91. The Morgan fingerprint density at radius 2 is 1.87 bits per heavy atom. The summed E-state index contributed by atoms with van der Waals surface area (Å²) in [5, 5.41) is 2.28. The molecule has 0 radical (unpaired) electrons. The molecule has 2 aromatic carbocycles. The number of hydrogen-bond donors (Lipinski definition) is 2. The van der Waals surface area contributed by atoms with E-state index >= 15 is 0 Å². The minimum atomic E-state index is -3.76. The van der Waals surface area contributed by atoms with Crippen molar-refractivity contribution in [3.05, 3.63) is 58.9 Å². The van der Waals surface area contributed by atoms with Crippen LogP contribution < -0.4 is 10.5 Å². The minimum Gasteiger partial charge on any atom is -0.398 e. The number of nitrogen functional groups attached to an aromatic ring is 1. The summed E-state index contributed by atoms with van der Waals surface area (Å²) >= 11 is 7.09. The lowest BCUT2D eigenvalue weighted by atomic mass is 10.2. The van der Waals surface area contributed by atoms with Crippen LogP contribution >= 0.6 is 22.9 Å². The highest BCUT2D eigenvalue weighted by Gasteiger charge is 2.17. The number of benzene rings is 2. The van der Waals surface area contributed by atoms with Crippen LogP contribution in [0.3, 0.4) is 0 Å². The summed E-state index contributed by atoms with van der Waals surface area (Å²) in [7, 11) is -3.76. The largest absolute Gasteiger partial charge is 0.398 e. The second-order valence-electron chi connectivity index (χ2n) is 4.69. The Bertz CT molecular complexity index is 940. The van der Waals surface area contributed by atoms with E-state index in [2.05, 4.69) is 9.71 Å². The van der Waals surface area contributed by atoms with Crippen LogP contribution in [0.5, 0.6) is 0 Å². The molecule has 0 saturated heterocycles. The molecule has 3 rings (SSSR count). The molecule has 1 aromatic heterocycles. The summed E-state index contributed by atoms with van der Waals surface area (Å²) in [5.41, 5.74) is 7.55. The molecule has 5 nitrogen and oxygen atoms in total. The lowest BCUT2D eigenvalue weighted by Gasteiger charge is -2.06. The Labute approximate surface area is 142 Å². The van der Waals surface area contributed by atoms with Crippen molar-refractivity contribution in [2.24, 2.45) is 0 Å². The zero-order valence-electron chi connectivity index (χ0n) is 11.7. The van der Waals surface area contributed by atoms with Crippen molar-refractivity contribution in [2.45, 2.75) is 4.90 Å². The predicted octanol–water partition coefficient (Wildman–Crippen LogP) is 3.85. The summed E-state index contributed by atoms with van der Waals surface area (Å²) in [5.74, 6) is 0. The van der Waals surface area contributed by atoms with Crippen LogP contribution in [-0.2, 0) is 10.0 Å². The molecule has 0 amide bonds. The molecule has 3 N–H and O–H groups in total. The van der Waals surface area contributed by atoms with Crippen molar-refractivity contribution >= 4 is 43.8 Å². The second kappa shape index (κ2) is 6.19. The molecule has 0 unspecified atom stereocenters. The Morgan fingerprint density at radius 3 is 2.57 bits per heavy atom. The van der Waals surface area contributed by atoms with Crippen LogP contribution in [0.2, 0.25) is 5.02 Å². The van der Waals surface area contributed by atoms with Gasteiger partial charge in [0, 0.05) is 10.9 Å². The molecular weight excluding hydrogens is 354 g/mol. The van der Waals surface area contributed by atoms with Crippen molar-refractivity contribution in [3.63, 3.8) is 0 Å². The molecular formula is C15H12ClN3O2S2. The van der Waals surface area contributed by atoms with Gasteiger partial charge in [0.1, 0.15) is 0 Å². The van der Waals surface area contributed by atoms with Crippen LogP contribution in [0.25, 0.3) is 11.3 Å². The molecule has 0 aliphatic carbocycles. The molecule has 0 spiro atoms. The van der Waals surface area contributed by atoms with Crippen LogP contribution in [0, 0.1) is 0 Å². The Morgan fingerprint density at radius 1 is 1.13 bits per heavy atom. The molecule has 0 saturated carbocycles. The van der Waals surface area contributed by atoms with E-state index in [1.165, 1.54) is 29.5 Å². The van der Waals surface area contributed by atoms with Gasteiger partial charge in [-0.1, -0.05) is 41.9 Å². The zero-order chi connectivity index (χ0) is 16.4. The van der Waals surface area contributed by atoms with E-state index < -0.39 is 10.0 Å². The van der Waals surface area contributed by atoms with Crippen molar-refractivity contribution < 1.29 is 8.42 Å². The Balaban J connectivity index is 1.86. The fourth-order valence-corrected chi connectivity index (χ4v) is 4.15. The number of rotatable bonds is 4. The number of halogens is 1. The van der Waals surface area contributed by atoms with E-state index in [4.69, 9.17) is 17.3 Å². The molecule has 0 atom stereocenters. The van der Waals surface area contributed by atoms with Gasteiger partial charge >= 0.3 is 0 Å². The number of nitrogens with zero attached hydrogens (tertiary/aromatic N) is 1. The summed E-state index contributed by atoms with van der Waals surface area (Å²) < 4.78 is 27.2. The highest BCUT2D eigenvalue weighted by molar-refractivity contribution is 7.93. The van der Waals surface area contributed by atoms with E-state index in [1.807, 2.05) is 30.3 Å². The minimum absolute atomic E-state index is 0.0353. The van der Waals surface area contributed by atoms with Gasteiger partial charge in [-0.2, -0.15) is 0 Å². The third-order valence-electron chi connectivity index (χ3n) is 3.08. The predicted molar refractivity (Wildman–Crippen MR) is 94.2 cm³/mol. The van der Waals surface area contributed by atoms with Gasteiger partial charge in [-0.25, -0.2) is 13.4 Å². The Kier molecular flexibility index (Phi) is 4.25. The lowest BCUT2D eigenvalue weighted by molar-refractivity contribution is 0.601. The number of hydrogen-bond acceptors (Lipinski definition) is 5. The van der Waals surface area contributed by atoms with Gasteiger partial charge in [0.25, 0.3) is 10.0 Å². The second-order valence-corrected chi connectivity index (χ2v) is 7.64. The highest BCUT2D eigenvalue weighted by atomic mass is 35.5. The summed E-state index contributed by atoms with van der Waals surface area (Å²) in [6.45, 7) is 0. The van der Waals surface area contributed by atoms with Crippen molar-refractivity contribution in [1.29, 1.82) is 0 Å². The lowest BCUT2D eigenvalue weighted by Crippen LogP contribution is -2.12. The van der Waals surface area contributed by atoms with Crippen LogP contribution in [0.4, 0.5) is 10.8 Å². The van der Waals surface area contributed by atoms with E-state index in [0.29, 0.717) is 11.4 Å². The first-order valence-electron chi connectivity index (χ1n) is 6.54. The highest BCUT2D eigenvalue weighted by Crippen LogP contribution is 2.28. The first kappa shape index (κ1) is 15.8.